The standard InChI is InChI=1S/C29H35N3O5S/c1-23-12-14-25(15-13-23)38(34,35)20-17-30-28(33)22-32-18-6-2-3-7-19-36-26-10-4-5-11-27(26)37-29-24(21-32)9-8-16-31-29/h4-5,8-16H,2-3,6-7,17-22H2,1H3,(H,30,33). The number of hydrogen-bond donors (Lipinski definition) is 1. The Morgan fingerprint density at radius 1 is 0.974 bits per heavy atom. The summed E-state index contributed by atoms with van der Waals surface area (Å²) in [6.07, 6.45) is 5.59. The zero-order chi connectivity index (χ0) is 26.8. The van der Waals surface area contributed by atoms with Gasteiger partial charge in [0.15, 0.2) is 21.3 Å². The second kappa shape index (κ2) is 13.4. The molecule has 1 aliphatic rings. The number of amides is 1. The summed E-state index contributed by atoms with van der Waals surface area (Å²) in [5, 5.41) is 2.79. The first-order valence-corrected chi connectivity index (χ1v) is 14.7. The highest BCUT2D eigenvalue weighted by Gasteiger charge is 2.18. The maximum Gasteiger partial charge on any atom is 0.234 e. The first kappa shape index (κ1) is 27.6. The lowest BCUT2D eigenvalue weighted by atomic mass is 10.1. The van der Waals surface area contributed by atoms with Crippen molar-refractivity contribution in [2.45, 2.75) is 44.0 Å². The molecule has 9 heteroatoms. The van der Waals surface area contributed by atoms with E-state index in [1.807, 2.05) is 43.3 Å². The fourth-order valence-corrected chi connectivity index (χ4v) is 5.43. The minimum atomic E-state index is -3.47. The first-order chi connectivity index (χ1) is 18.4. The summed E-state index contributed by atoms with van der Waals surface area (Å²) in [5.74, 6) is 1.39. The van der Waals surface area contributed by atoms with Gasteiger partial charge in [0.1, 0.15) is 0 Å². The molecule has 0 bridgehead atoms. The lowest BCUT2D eigenvalue weighted by Gasteiger charge is -2.23. The largest absolute Gasteiger partial charge is 0.490 e. The Kier molecular flexibility index (Phi) is 9.73. The number of nitrogens with one attached hydrogen (secondary N) is 1. The number of pyridine rings is 1. The van der Waals surface area contributed by atoms with Crippen LogP contribution in [0.2, 0.25) is 0 Å². The maximum absolute atomic E-state index is 12.8. The molecule has 8 nitrogen and oxygen atoms in total. The SMILES string of the molecule is Cc1ccc(S(=O)(=O)CCNC(=O)CN2CCCCCCOc3ccccc3Oc3ncccc3C2)cc1. The molecule has 0 saturated carbocycles. The summed E-state index contributed by atoms with van der Waals surface area (Å²) < 4.78 is 37.4. The van der Waals surface area contributed by atoms with Crippen molar-refractivity contribution >= 4 is 15.7 Å². The average Bonchev–Trinajstić information content (AvgIpc) is 2.90. The molecule has 0 aliphatic carbocycles. The molecule has 0 saturated heterocycles. The number of carbonyl (C=O) groups is 1. The second-order valence-electron chi connectivity index (χ2n) is 9.47. The number of benzene rings is 2. The number of fused-ring (bicyclic) bond motifs is 2. The van der Waals surface area contributed by atoms with Crippen LogP contribution >= 0.6 is 0 Å². The highest BCUT2D eigenvalue weighted by molar-refractivity contribution is 7.91. The van der Waals surface area contributed by atoms with E-state index in [9.17, 15) is 13.2 Å². The molecule has 4 rings (SSSR count). The molecule has 0 radical (unpaired) electrons. The van der Waals surface area contributed by atoms with Gasteiger partial charge in [0.2, 0.25) is 11.8 Å². The van der Waals surface area contributed by atoms with E-state index < -0.39 is 9.84 Å². The van der Waals surface area contributed by atoms with Gasteiger partial charge >= 0.3 is 0 Å². The Bertz CT molecular complexity index is 1310. The molecule has 38 heavy (non-hydrogen) atoms. The van der Waals surface area contributed by atoms with Crippen molar-refractivity contribution in [2.24, 2.45) is 0 Å². The van der Waals surface area contributed by atoms with Crippen LogP contribution in [0.4, 0.5) is 0 Å². The van der Waals surface area contributed by atoms with Crippen molar-refractivity contribution in [3.63, 3.8) is 0 Å². The van der Waals surface area contributed by atoms with Crippen LogP contribution in [0.3, 0.4) is 0 Å². The third-order valence-electron chi connectivity index (χ3n) is 6.37. The number of nitrogens with zero attached hydrogens (tertiary/aromatic N) is 2. The minimum absolute atomic E-state index is 0.0565. The van der Waals surface area contributed by atoms with Crippen LogP contribution in [0.25, 0.3) is 0 Å². The summed E-state index contributed by atoms with van der Waals surface area (Å²) in [6, 6.07) is 18.1. The van der Waals surface area contributed by atoms with E-state index in [2.05, 4.69) is 15.2 Å². The van der Waals surface area contributed by atoms with Gasteiger partial charge < -0.3 is 14.8 Å². The first-order valence-electron chi connectivity index (χ1n) is 13.0. The zero-order valence-electron chi connectivity index (χ0n) is 21.8. The summed E-state index contributed by atoms with van der Waals surface area (Å²) in [5.41, 5.74) is 1.85. The topological polar surface area (TPSA) is 97.8 Å². The highest BCUT2D eigenvalue weighted by atomic mass is 32.2. The van der Waals surface area contributed by atoms with Crippen LogP contribution in [-0.4, -0.2) is 56.2 Å². The molecular formula is C29H35N3O5S. The molecule has 0 unspecified atom stereocenters. The summed E-state index contributed by atoms with van der Waals surface area (Å²) in [7, 11) is -3.47. The van der Waals surface area contributed by atoms with E-state index in [0.29, 0.717) is 30.5 Å². The Morgan fingerprint density at radius 3 is 2.55 bits per heavy atom. The molecule has 3 aromatic rings. The van der Waals surface area contributed by atoms with Crippen LogP contribution in [0, 0.1) is 6.92 Å². The molecule has 1 N–H and O–H groups in total. The van der Waals surface area contributed by atoms with Gasteiger partial charge in [-0.2, -0.15) is 0 Å². The van der Waals surface area contributed by atoms with Gasteiger partial charge in [0, 0.05) is 24.8 Å². The fraction of sp³-hybridized carbons (Fsp3) is 0.379. The lowest BCUT2D eigenvalue weighted by molar-refractivity contribution is -0.122. The van der Waals surface area contributed by atoms with Gasteiger partial charge in [0.25, 0.3) is 0 Å². The molecule has 2 aromatic carbocycles. The minimum Gasteiger partial charge on any atom is -0.490 e. The number of ether oxygens (including phenoxy) is 2. The number of aromatic nitrogens is 1. The van der Waals surface area contributed by atoms with Crippen LogP contribution in [-0.2, 0) is 21.2 Å². The molecule has 2 heterocycles. The predicted molar refractivity (Wildman–Crippen MR) is 146 cm³/mol. The van der Waals surface area contributed by atoms with E-state index in [0.717, 1.165) is 43.4 Å². The third kappa shape index (κ3) is 8.03. The zero-order valence-corrected chi connectivity index (χ0v) is 22.6. The second-order valence-corrected chi connectivity index (χ2v) is 11.6. The number of carbonyl (C=O) groups excluding carboxylic acids is 1. The van der Waals surface area contributed by atoms with Crippen molar-refractivity contribution in [3.8, 4) is 17.4 Å². The van der Waals surface area contributed by atoms with Gasteiger partial charge in [0.05, 0.1) is 23.8 Å². The number of sulfone groups is 1. The van der Waals surface area contributed by atoms with Crippen LogP contribution in [0.15, 0.2) is 71.8 Å². The summed E-state index contributed by atoms with van der Waals surface area (Å²) in [4.78, 5) is 19.6. The van der Waals surface area contributed by atoms with Gasteiger partial charge in [-0.1, -0.05) is 48.7 Å². The highest BCUT2D eigenvalue weighted by Crippen LogP contribution is 2.32. The smallest absolute Gasteiger partial charge is 0.234 e. The number of rotatable bonds is 6. The van der Waals surface area contributed by atoms with E-state index in [4.69, 9.17) is 9.47 Å². The fourth-order valence-electron chi connectivity index (χ4n) is 4.27. The Balaban J connectivity index is 1.41. The summed E-state index contributed by atoms with van der Waals surface area (Å²) >= 11 is 0. The maximum atomic E-state index is 12.8. The predicted octanol–water partition coefficient (Wildman–Crippen LogP) is 4.53. The van der Waals surface area contributed by atoms with Gasteiger partial charge in [-0.05, 0) is 56.6 Å². The van der Waals surface area contributed by atoms with Crippen LogP contribution in [0.5, 0.6) is 17.4 Å². The van der Waals surface area contributed by atoms with E-state index >= 15 is 0 Å². The van der Waals surface area contributed by atoms with Crippen molar-refractivity contribution in [2.75, 3.05) is 32.0 Å². The molecule has 1 amide bonds. The van der Waals surface area contributed by atoms with Crippen LogP contribution in [0.1, 0.15) is 36.8 Å². The molecule has 1 aromatic heterocycles. The Labute approximate surface area is 224 Å². The van der Waals surface area contributed by atoms with E-state index in [1.165, 1.54) is 0 Å². The monoisotopic (exact) mass is 537 g/mol. The molecule has 0 spiro atoms. The molecule has 0 fully saturated rings. The Hall–Kier alpha value is -3.43. The summed E-state index contributed by atoms with van der Waals surface area (Å²) in [6.45, 7) is 3.92. The van der Waals surface area contributed by atoms with E-state index in [1.54, 1.807) is 30.5 Å². The number of para-hydroxylation sites is 2. The van der Waals surface area contributed by atoms with Crippen molar-refractivity contribution in [3.05, 3.63) is 78.0 Å². The van der Waals surface area contributed by atoms with Gasteiger partial charge in [-0.15, -0.1) is 0 Å². The number of aryl methyl sites for hydroxylation is 1. The molecule has 0 atom stereocenters. The number of hydrogen-bond acceptors (Lipinski definition) is 7. The quantitative estimate of drug-likeness (QED) is 0.493. The lowest BCUT2D eigenvalue weighted by Crippen LogP contribution is -2.39. The van der Waals surface area contributed by atoms with Gasteiger partial charge in [-0.3, -0.25) is 9.69 Å². The Morgan fingerprint density at radius 2 is 1.74 bits per heavy atom. The third-order valence-corrected chi connectivity index (χ3v) is 8.10. The van der Waals surface area contributed by atoms with Crippen molar-refractivity contribution < 1.29 is 22.7 Å². The average molecular weight is 538 g/mol. The van der Waals surface area contributed by atoms with Gasteiger partial charge in [-0.25, -0.2) is 13.4 Å². The molecule has 1 aliphatic heterocycles. The molecule has 202 valence electrons. The normalized spacial score (nSPS) is 15.2. The van der Waals surface area contributed by atoms with Crippen molar-refractivity contribution in [1.82, 2.24) is 15.2 Å². The van der Waals surface area contributed by atoms with Crippen molar-refractivity contribution in [1.29, 1.82) is 0 Å². The van der Waals surface area contributed by atoms with E-state index in [-0.39, 0.29) is 29.6 Å². The van der Waals surface area contributed by atoms with Crippen LogP contribution < -0.4 is 14.8 Å². The molecular weight excluding hydrogens is 502 g/mol.